The van der Waals surface area contributed by atoms with Crippen molar-refractivity contribution in [3.8, 4) is 0 Å². The molecule has 4 rings (SSSR count). The van der Waals surface area contributed by atoms with Gasteiger partial charge in [0.15, 0.2) is 0 Å². The number of rotatable bonds is 3. The fraction of sp³-hybridized carbons (Fsp3) is 0.143. The molecule has 0 unspecified atom stereocenters. The lowest BCUT2D eigenvalue weighted by molar-refractivity contribution is -0.117. The number of thiophene rings is 1. The summed E-state index contributed by atoms with van der Waals surface area (Å²) in [4.78, 5) is 20.8. The fourth-order valence-electron chi connectivity index (χ4n) is 3.01. The maximum absolute atomic E-state index is 13.1. The van der Waals surface area contributed by atoms with E-state index < -0.39 is 0 Å². The number of hydrogen-bond acceptors (Lipinski definition) is 3. The number of fused-ring (bicyclic) bond motifs is 1. The predicted molar refractivity (Wildman–Crippen MR) is 112 cm³/mol. The van der Waals surface area contributed by atoms with Crippen LogP contribution in [0.3, 0.4) is 0 Å². The van der Waals surface area contributed by atoms with E-state index in [0.29, 0.717) is 13.0 Å². The first-order valence-electron chi connectivity index (χ1n) is 8.38. The maximum Gasteiger partial charge on any atom is 0.233 e. The minimum atomic E-state index is 0.0683. The van der Waals surface area contributed by atoms with Crippen LogP contribution >= 0.6 is 27.3 Å². The first-order valence-corrected chi connectivity index (χ1v) is 9.99. The Morgan fingerprint density at radius 1 is 1.08 bits per heavy atom. The molecule has 0 N–H and O–H groups in total. The molecule has 2 heterocycles. The molecule has 0 bridgehead atoms. The van der Waals surface area contributed by atoms with Gasteiger partial charge >= 0.3 is 0 Å². The number of hydrogen-bond donors (Lipinski definition) is 0. The number of carbonyl (C=O) groups excluding carboxylic acids is 1. The largest absolute Gasteiger partial charge is 0.306 e. The third kappa shape index (κ3) is 3.50. The summed E-state index contributed by atoms with van der Waals surface area (Å²) in [7, 11) is 0. The average molecular weight is 425 g/mol. The highest BCUT2D eigenvalue weighted by Crippen LogP contribution is 2.35. The SMILES string of the molecule is Cc1ccc(CN2C(=O)CC(c3ccc(Br)s3)=Nc3ccccc32)cc1. The molecule has 0 fully saturated rings. The van der Waals surface area contributed by atoms with Crippen LogP contribution in [0.15, 0.2) is 69.4 Å². The van der Waals surface area contributed by atoms with E-state index in [9.17, 15) is 4.79 Å². The predicted octanol–water partition coefficient (Wildman–Crippen LogP) is 5.88. The van der Waals surface area contributed by atoms with E-state index in [1.807, 2.05) is 41.3 Å². The molecule has 1 aromatic heterocycles. The lowest BCUT2D eigenvalue weighted by Crippen LogP contribution is -2.30. The van der Waals surface area contributed by atoms with Crippen molar-refractivity contribution in [3.63, 3.8) is 0 Å². The van der Waals surface area contributed by atoms with Gasteiger partial charge in [-0.1, -0.05) is 42.0 Å². The second-order valence-corrected chi connectivity index (χ2v) is 8.76. The third-order valence-corrected chi connectivity index (χ3v) is 6.04. The van der Waals surface area contributed by atoms with Crippen LogP contribution in [-0.4, -0.2) is 11.6 Å². The number of amides is 1. The number of para-hydroxylation sites is 2. The second kappa shape index (κ2) is 7.17. The number of halogens is 1. The van der Waals surface area contributed by atoms with Crippen LogP contribution in [0.25, 0.3) is 0 Å². The van der Waals surface area contributed by atoms with E-state index in [-0.39, 0.29) is 5.91 Å². The highest BCUT2D eigenvalue weighted by atomic mass is 79.9. The van der Waals surface area contributed by atoms with Gasteiger partial charge in [-0.25, -0.2) is 4.99 Å². The fourth-order valence-corrected chi connectivity index (χ4v) is 4.38. The summed E-state index contributed by atoms with van der Waals surface area (Å²) in [5.41, 5.74) is 4.85. The van der Waals surface area contributed by atoms with Crippen LogP contribution in [0.5, 0.6) is 0 Å². The summed E-state index contributed by atoms with van der Waals surface area (Å²) in [5, 5.41) is 0. The summed E-state index contributed by atoms with van der Waals surface area (Å²) < 4.78 is 1.04. The highest BCUT2D eigenvalue weighted by molar-refractivity contribution is 9.11. The van der Waals surface area contributed by atoms with Gasteiger partial charge in [0, 0.05) is 0 Å². The molecule has 1 aliphatic heterocycles. The lowest BCUT2D eigenvalue weighted by atomic mass is 10.1. The zero-order valence-electron chi connectivity index (χ0n) is 14.3. The summed E-state index contributed by atoms with van der Waals surface area (Å²) in [6.07, 6.45) is 0.299. The molecule has 1 amide bonds. The number of nitrogens with zero attached hydrogens (tertiary/aromatic N) is 2. The monoisotopic (exact) mass is 424 g/mol. The van der Waals surface area contributed by atoms with Crippen molar-refractivity contribution in [2.24, 2.45) is 4.99 Å². The van der Waals surface area contributed by atoms with Crippen molar-refractivity contribution in [1.29, 1.82) is 0 Å². The van der Waals surface area contributed by atoms with Crippen LogP contribution < -0.4 is 4.90 Å². The molecule has 0 saturated carbocycles. The molecule has 130 valence electrons. The smallest absolute Gasteiger partial charge is 0.233 e. The zero-order valence-corrected chi connectivity index (χ0v) is 16.7. The van der Waals surface area contributed by atoms with Crippen molar-refractivity contribution in [3.05, 3.63) is 80.5 Å². The van der Waals surface area contributed by atoms with Gasteiger partial charge < -0.3 is 4.90 Å². The topological polar surface area (TPSA) is 32.7 Å². The summed E-state index contributed by atoms with van der Waals surface area (Å²) in [6.45, 7) is 2.61. The van der Waals surface area contributed by atoms with Gasteiger partial charge in [0.1, 0.15) is 0 Å². The van der Waals surface area contributed by atoms with E-state index in [0.717, 1.165) is 31.3 Å². The van der Waals surface area contributed by atoms with Gasteiger partial charge in [-0.3, -0.25) is 4.79 Å². The Bertz CT molecular complexity index is 991. The van der Waals surface area contributed by atoms with Gasteiger partial charge in [-0.05, 0) is 52.7 Å². The maximum atomic E-state index is 13.1. The van der Waals surface area contributed by atoms with Gasteiger partial charge in [0.05, 0.1) is 38.7 Å². The van der Waals surface area contributed by atoms with E-state index in [1.165, 1.54) is 5.56 Å². The van der Waals surface area contributed by atoms with E-state index >= 15 is 0 Å². The van der Waals surface area contributed by atoms with Gasteiger partial charge in [0.25, 0.3) is 0 Å². The Kier molecular flexibility index (Phi) is 4.74. The molecule has 0 aliphatic carbocycles. The number of aryl methyl sites for hydroxylation is 1. The second-order valence-electron chi connectivity index (χ2n) is 6.29. The van der Waals surface area contributed by atoms with Crippen LogP contribution in [0, 0.1) is 6.92 Å². The first kappa shape index (κ1) is 17.2. The van der Waals surface area contributed by atoms with Crippen molar-refractivity contribution >= 4 is 50.3 Å². The number of anilines is 1. The molecule has 2 aromatic carbocycles. The molecule has 26 heavy (non-hydrogen) atoms. The van der Waals surface area contributed by atoms with Gasteiger partial charge in [-0.15, -0.1) is 11.3 Å². The van der Waals surface area contributed by atoms with E-state index in [1.54, 1.807) is 11.3 Å². The number of carbonyl (C=O) groups is 1. The van der Waals surface area contributed by atoms with Crippen molar-refractivity contribution in [2.75, 3.05) is 4.90 Å². The van der Waals surface area contributed by atoms with Crippen molar-refractivity contribution in [2.45, 2.75) is 19.9 Å². The normalized spacial score (nSPS) is 14.0. The minimum Gasteiger partial charge on any atom is -0.306 e. The zero-order chi connectivity index (χ0) is 18.1. The summed E-state index contributed by atoms with van der Waals surface area (Å²) >= 11 is 5.10. The Balaban J connectivity index is 1.73. The molecule has 3 nitrogen and oxygen atoms in total. The number of benzene rings is 2. The highest BCUT2D eigenvalue weighted by Gasteiger charge is 2.25. The molecule has 0 atom stereocenters. The molecule has 1 aliphatic rings. The van der Waals surface area contributed by atoms with Crippen LogP contribution in [0.1, 0.15) is 22.4 Å². The molecule has 5 heteroatoms. The standard InChI is InChI=1S/C21H17BrN2OS/c1-14-6-8-15(9-7-14)13-24-18-5-3-2-4-16(18)23-17(12-21(24)25)19-10-11-20(22)26-19/h2-11H,12-13H2,1H3. The van der Waals surface area contributed by atoms with Gasteiger partial charge in [0.2, 0.25) is 5.91 Å². The quantitative estimate of drug-likeness (QED) is 0.516. The van der Waals surface area contributed by atoms with E-state index in [2.05, 4.69) is 47.1 Å². The molecular formula is C21H17BrN2OS. The van der Waals surface area contributed by atoms with Crippen LogP contribution in [0.4, 0.5) is 11.4 Å². The molecule has 0 radical (unpaired) electrons. The summed E-state index contributed by atoms with van der Waals surface area (Å²) in [6, 6.07) is 20.2. The van der Waals surface area contributed by atoms with Crippen molar-refractivity contribution < 1.29 is 4.79 Å². The molecule has 0 saturated heterocycles. The Labute approximate surface area is 165 Å². The Morgan fingerprint density at radius 3 is 2.58 bits per heavy atom. The third-order valence-electron chi connectivity index (χ3n) is 4.37. The molecule has 0 spiro atoms. The number of aliphatic imine (C=N–C) groups is 1. The van der Waals surface area contributed by atoms with Crippen LogP contribution in [-0.2, 0) is 11.3 Å². The first-order chi connectivity index (χ1) is 12.6. The minimum absolute atomic E-state index is 0.0683. The lowest BCUT2D eigenvalue weighted by Gasteiger charge is -2.22. The van der Waals surface area contributed by atoms with E-state index in [4.69, 9.17) is 4.99 Å². The summed E-state index contributed by atoms with van der Waals surface area (Å²) in [5.74, 6) is 0.0683. The van der Waals surface area contributed by atoms with Gasteiger partial charge in [-0.2, -0.15) is 0 Å². The Morgan fingerprint density at radius 2 is 1.85 bits per heavy atom. The van der Waals surface area contributed by atoms with Crippen LogP contribution in [0.2, 0.25) is 0 Å². The molecule has 3 aromatic rings. The average Bonchev–Trinajstić information content (AvgIpc) is 3.02. The van der Waals surface area contributed by atoms with Crippen molar-refractivity contribution in [1.82, 2.24) is 0 Å². The Hall–Kier alpha value is -2.24. The molecular weight excluding hydrogens is 408 g/mol.